The summed E-state index contributed by atoms with van der Waals surface area (Å²) in [6, 6.07) is 5.33. The van der Waals surface area contributed by atoms with Crippen LogP contribution in [0, 0.1) is 0 Å². The minimum Gasteiger partial charge on any atom is -0.451 e. The lowest BCUT2D eigenvalue weighted by atomic mass is 10.5. The van der Waals surface area contributed by atoms with Crippen molar-refractivity contribution >= 4 is 40.4 Å². The monoisotopic (exact) mass is 362 g/mol. The fraction of sp³-hybridized carbons (Fsp3) is 0.267. The number of carbonyl (C=O) groups is 4. The summed E-state index contributed by atoms with van der Waals surface area (Å²) in [5.41, 5.74) is 0.695. The molecule has 3 amide bonds. The Kier molecular flexibility index (Phi) is 4.98. The second kappa shape index (κ2) is 7.34. The number of fused-ring (bicyclic) bond motifs is 1. The molecule has 2 aromatic rings. The first-order chi connectivity index (χ1) is 12.0. The molecule has 0 radical (unpaired) electrons. The highest BCUT2D eigenvalue weighted by Gasteiger charge is 2.29. The van der Waals surface area contributed by atoms with Crippen molar-refractivity contribution in [2.24, 2.45) is 0 Å². The van der Waals surface area contributed by atoms with E-state index in [9.17, 15) is 19.2 Å². The van der Waals surface area contributed by atoms with E-state index >= 15 is 0 Å². The number of hydrogen-bond acceptors (Lipinski definition) is 7. The molecule has 1 aliphatic rings. The number of nitrogens with one attached hydrogen (secondary N) is 1. The average molecular weight is 362 g/mol. The van der Waals surface area contributed by atoms with Crippen LogP contribution in [-0.4, -0.2) is 62.8 Å². The van der Waals surface area contributed by atoms with E-state index in [1.807, 2.05) is 0 Å². The summed E-state index contributed by atoms with van der Waals surface area (Å²) in [4.78, 5) is 51.5. The second-order valence-electron chi connectivity index (χ2n) is 5.12. The molecule has 0 spiro atoms. The molecule has 3 rings (SSSR count). The number of esters is 1. The van der Waals surface area contributed by atoms with Gasteiger partial charge in [-0.05, 0) is 12.1 Å². The molecule has 10 heteroatoms. The molecule has 0 saturated carbocycles. The Hall–Kier alpha value is -2.88. The van der Waals surface area contributed by atoms with Gasteiger partial charge in [-0.25, -0.2) is 9.78 Å². The maximum Gasteiger partial charge on any atom is 0.359 e. The van der Waals surface area contributed by atoms with E-state index in [4.69, 9.17) is 4.74 Å². The van der Waals surface area contributed by atoms with Crippen molar-refractivity contribution in [1.29, 1.82) is 0 Å². The third-order valence-electron chi connectivity index (χ3n) is 3.41. The van der Waals surface area contributed by atoms with Crippen molar-refractivity contribution < 1.29 is 23.9 Å². The molecule has 1 fully saturated rings. The van der Waals surface area contributed by atoms with Gasteiger partial charge in [0, 0.05) is 25.5 Å². The Balaban J connectivity index is 1.43. The summed E-state index contributed by atoms with van der Waals surface area (Å²) >= 11 is 0.932. The first-order valence-electron chi connectivity index (χ1n) is 7.39. The Bertz CT molecular complexity index is 800. The number of pyridine rings is 1. The number of rotatable bonds is 6. The molecule has 0 aliphatic carbocycles. The van der Waals surface area contributed by atoms with Crippen molar-refractivity contribution in [3.8, 4) is 0 Å². The van der Waals surface area contributed by atoms with Crippen LogP contribution >= 0.6 is 11.8 Å². The summed E-state index contributed by atoms with van der Waals surface area (Å²) in [7, 11) is 0. The molecule has 0 atom stereocenters. The van der Waals surface area contributed by atoms with Gasteiger partial charge in [-0.15, -0.1) is 0 Å². The minimum atomic E-state index is -0.708. The normalized spacial score (nSPS) is 14.2. The van der Waals surface area contributed by atoms with Crippen LogP contribution in [0.3, 0.4) is 0 Å². The van der Waals surface area contributed by atoms with Crippen molar-refractivity contribution in [1.82, 2.24) is 19.6 Å². The van der Waals surface area contributed by atoms with Crippen LogP contribution in [0.25, 0.3) is 5.65 Å². The van der Waals surface area contributed by atoms with Crippen LogP contribution in [0.1, 0.15) is 10.5 Å². The number of amides is 3. The van der Waals surface area contributed by atoms with Crippen LogP contribution in [-0.2, 0) is 14.3 Å². The van der Waals surface area contributed by atoms with Crippen molar-refractivity contribution in [3.63, 3.8) is 0 Å². The molecule has 25 heavy (non-hydrogen) atoms. The van der Waals surface area contributed by atoms with Gasteiger partial charge in [-0.1, -0.05) is 17.8 Å². The van der Waals surface area contributed by atoms with Crippen LogP contribution in [0.4, 0.5) is 4.79 Å². The van der Waals surface area contributed by atoms with Crippen LogP contribution in [0.5, 0.6) is 0 Å². The Morgan fingerprint density at radius 1 is 1.32 bits per heavy atom. The van der Waals surface area contributed by atoms with E-state index in [2.05, 4.69) is 10.3 Å². The average Bonchev–Trinajstić information content (AvgIpc) is 3.17. The van der Waals surface area contributed by atoms with E-state index in [0.29, 0.717) is 5.65 Å². The van der Waals surface area contributed by atoms with Crippen LogP contribution in [0.2, 0.25) is 0 Å². The standard InChI is InChI=1S/C15H14N4O5S/c20-12(16-4-6-19-13(21)9-25-15(19)23)8-24-14(22)10-7-18-5-2-1-3-11(18)17-10/h1-3,5,7H,4,6,8-9H2,(H,16,20). The molecule has 130 valence electrons. The third-order valence-corrected chi connectivity index (χ3v) is 4.26. The summed E-state index contributed by atoms with van der Waals surface area (Å²) in [5.74, 6) is -1.38. The predicted molar refractivity (Wildman–Crippen MR) is 88.1 cm³/mol. The lowest BCUT2D eigenvalue weighted by Crippen LogP contribution is -2.38. The minimum absolute atomic E-state index is 0.0940. The molecule has 1 N–H and O–H groups in total. The van der Waals surface area contributed by atoms with Crippen LogP contribution in [0.15, 0.2) is 30.6 Å². The van der Waals surface area contributed by atoms with Gasteiger partial charge < -0.3 is 14.5 Å². The molecule has 0 aromatic carbocycles. The van der Waals surface area contributed by atoms with Crippen LogP contribution < -0.4 is 5.32 Å². The van der Waals surface area contributed by atoms with Gasteiger partial charge in [0.2, 0.25) is 5.91 Å². The van der Waals surface area contributed by atoms with Crippen molar-refractivity contribution in [2.45, 2.75) is 0 Å². The van der Waals surface area contributed by atoms with Gasteiger partial charge in [0.15, 0.2) is 12.3 Å². The molecule has 3 heterocycles. The van der Waals surface area contributed by atoms with Gasteiger partial charge >= 0.3 is 5.97 Å². The molecule has 2 aromatic heterocycles. The van der Waals surface area contributed by atoms with E-state index in [0.717, 1.165) is 16.7 Å². The molecular weight excluding hydrogens is 348 g/mol. The summed E-state index contributed by atoms with van der Waals surface area (Å²) in [5, 5.41) is 2.17. The molecule has 0 unspecified atom stereocenters. The van der Waals surface area contributed by atoms with Gasteiger partial charge in [-0.3, -0.25) is 19.3 Å². The lowest BCUT2D eigenvalue weighted by molar-refractivity contribution is -0.126. The Labute approximate surface area is 146 Å². The number of carbonyl (C=O) groups excluding carboxylic acids is 4. The predicted octanol–water partition coefficient (Wildman–Crippen LogP) is 0.303. The number of imidazole rings is 1. The quantitative estimate of drug-likeness (QED) is 0.736. The number of aromatic nitrogens is 2. The third kappa shape index (κ3) is 3.97. The number of hydrogen-bond donors (Lipinski definition) is 1. The van der Waals surface area contributed by atoms with E-state index < -0.39 is 18.5 Å². The zero-order valence-corrected chi connectivity index (χ0v) is 13.8. The van der Waals surface area contributed by atoms with Crippen molar-refractivity contribution in [2.75, 3.05) is 25.4 Å². The highest BCUT2D eigenvalue weighted by atomic mass is 32.2. The summed E-state index contributed by atoms with van der Waals surface area (Å²) in [6.45, 7) is -0.275. The number of thioether (sulfide) groups is 1. The topological polar surface area (TPSA) is 110 Å². The Morgan fingerprint density at radius 3 is 2.88 bits per heavy atom. The number of nitrogens with zero attached hydrogens (tertiary/aromatic N) is 3. The number of imide groups is 1. The molecule has 0 bridgehead atoms. The van der Waals surface area contributed by atoms with Gasteiger partial charge in [0.05, 0.1) is 5.75 Å². The highest BCUT2D eigenvalue weighted by molar-refractivity contribution is 8.14. The van der Waals surface area contributed by atoms with Gasteiger partial charge in [0.25, 0.3) is 11.1 Å². The summed E-state index contributed by atoms with van der Waals surface area (Å²) in [6.07, 6.45) is 3.25. The molecule has 1 aliphatic heterocycles. The Morgan fingerprint density at radius 2 is 2.16 bits per heavy atom. The van der Waals surface area contributed by atoms with Crippen molar-refractivity contribution in [3.05, 3.63) is 36.3 Å². The highest BCUT2D eigenvalue weighted by Crippen LogP contribution is 2.17. The zero-order valence-electron chi connectivity index (χ0n) is 13.0. The lowest BCUT2D eigenvalue weighted by Gasteiger charge is -2.13. The maximum absolute atomic E-state index is 11.9. The van der Waals surface area contributed by atoms with E-state index in [1.54, 1.807) is 28.8 Å². The zero-order chi connectivity index (χ0) is 17.8. The second-order valence-corrected chi connectivity index (χ2v) is 6.04. The molecule has 9 nitrogen and oxygen atoms in total. The maximum atomic E-state index is 11.9. The first-order valence-corrected chi connectivity index (χ1v) is 8.38. The van der Waals surface area contributed by atoms with E-state index in [-0.39, 0.29) is 35.7 Å². The van der Waals surface area contributed by atoms with Gasteiger partial charge in [-0.2, -0.15) is 0 Å². The molecule has 1 saturated heterocycles. The SMILES string of the molecule is O=C(COC(=O)c1cn2ccccc2n1)NCCN1C(=O)CSC1=O. The fourth-order valence-electron chi connectivity index (χ4n) is 2.19. The summed E-state index contributed by atoms with van der Waals surface area (Å²) < 4.78 is 6.57. The fourth-order valence-corrected chi connectivity index (χ4v) is 2.95. The largest absolute Gasteiger partial charge is 0.451 e. The first kappa shape index (κ1) is 17.0. The molecular formula is C15H14N4O5S. The number of ether oxygens (including phenoxy) is 1. The van der Waals surface area contributed by atoms with Gasteiger partial charge in [0.1, 0.15) is 5.65 Å². The smallest absolute Gasteiger partial charge is 0.359 e. The van der Waals surface area contributed by atoms with E-state index in [1.165, 1.54) is 6.20 Å².